The molecule has 0 fully saturated rings. The van der Waals surface area contributed by atoms with E-state index in [-0.39, 0.29) is 12.6 Å². The molecular weight excluding hydrogens is 396 g/mol. The third-order valence-electron chi connectivity index (χ3n) is 5.10. The van der Waals surface area contributed by atoms with Crippen LogP contribution in [0.2, 0.25) is 0 Å². The van der Waals surface area contributed by atoms with Gasteiger partial charge in [-0.25, -0.2) is 9.48 Å². The Balaban J connectivity index is 1.83. The number of carbonyl (C=O) groups excluding carboxylic acids is 1. The number of nitrogens with zero attached hydrogens (tertiary/aromatic N) is 3. The molecular formula is C23H24N4O4. The average molecular weight is 420 g/mol. The monoisotopic (exact) mass is 420 g/mol. The highest BCUT2D eigenvalue weighted by molar-refractivity contribution is 5.92. The smallest absolute Gasteiger partial charge is 0.338 e. The number of aromatic nitrogens is 3. The van der Waals surface area contributed by atoms with Gasteiger partial charge in [-0.15, -0.1) is 5.10 Å². The highest BCUT2D eigenvalue weighted by Gasteiger charge is 2.35. The lowest BCUT2D eigenvalue weighted by Crippen LogP contribution is -2.29. The predicted octanol–water partition coefficient (Wildman–Crippen LogP) is 3.81. The van der Waals surface area contributed by atoms with Crippen molar-refractivity contribution in [1.29, 1.82) is 0 Å². The van der Waals surface area contributed by atoms with Gasteiger partial charge in [0.2, 0.25) is 5.95 Å². The number of ether oxygens (including phenoxy) is 3. The van der Waals surface area contributed by atoms with Crippen LogP contribution in [-0.4, -0.2) is 41.6 Å². The van der Waals surface area contributed by atoms with E-state index in [1.54, 1.807) is 25.8 Å². The van der Waals surface area contributed by atoms with Crippen LogP contribution in [0.1, 0.15) is 25.5 Å². The molecule has 8 nitrogen and oxygen atoms in total. The van der Waals surface area contributed by atoms with Crippen molar-refractivity contribution in [2.24, 2.45) is 0 Å². The molecule has 3 aromatic rings. The molecule has 1 aliphatic rings. The van der Waals surface area contributed by atoms with E-state index in [1.807, 2.05) is 55.5 Å². The number of hydrogen-bond donors (Lipinski definition) is 1. The number of nitrogens with one attached hydrogen (secondary N) is 1. The van der Waals surface area contributed by atoms with Crippen LogP contribution in [0.3, 0.4) is 0 Å². The molecule has 1 N–H and O–H groups in total. The van der Waals surface area contributed by atoms with Gasteiger partial charge in [0.25, 0.3) is 0 Å². The van der Waals surface area contributed by atoms with E-state index in [0.29, 0.717) is 34.5 Å². The number of methoxy groups -OCH3 is 2. The van der Waals surface area contributed by atoms with Crippen LogP contribution in [0.25, 0.3) is 11.4 Å². The molecule has 1 aromatic heterocycles. The van der Waals surface area contributed by atoms with Gasteiger partial charge in [-0.05, 0) is 37.6 Å². The molecule has 1 aliphatic heterocycles. The van der Waals surface area contributed by atoms with Crippen LogP contribution in [0.4, 0.5) is 5.95 Å². The number of anilines is 1. The van der Waals surface area contributed by atoms with E-state index in [1.165, 1.54) is 0 Å². The molecule has 0 amide bonds. The number of allylic oxidation sites excluding steroid dienone is 1. The fraction of sp³-hybridized carbons (Fsp3) is 0.261. The summed E-state index contributed by atoms with van der Waals surface area (Å²) in [6.07, 6.45) is 0. The molecule has 31 heavy (non-hydrogen) atoms. The number of hydrogen-bond acceptors (Lipinski definition) is 7. The molecule has 0 radical (unpaired) electrons. The van der Waals surface area contributed by atoms with Crippen molar-refractivity contribution in [3.05, 3.63) is 65.4 Å². The van der Waals surface area contributed by atoms with Crippen molar-refractivity contribution in [1.82, 2.24) is 14.8 Å². The third kappa shape index (κ3) is 3.72. The highest BCUT2D eigenvalue weighted by Crippen LogP contribution is 2.38. The first-order valence-electron chi connectivity index (χ1n) is 9.96. The third-order valence-corrected chi connectivity index (χ3v) is 5.10. The summed E-state index contributed by atoms with van der Waals surface area (Å²) in [5.74, 6) is 1.88. The van der Waals surface area contributed by atoms with E-state index in [2.05, 4.69) is 10.3 Å². The lowest BCUT2D eigenvalue weighted by Gasteiger charge is -2.28. The molecule has 2 aromatic carbocycles. The average Bonchev–Trinajstić information content (AvgIpc) is 3.21. The van der Waals surface area contributed by atoms with Crippen molar-refractivity contribution in [3.63, 3.8) is 0 Å². The van der Waals surface area contributed by atoms with Gasteiger partial charge in [-0.3, -0.25) is 0 Å². The normalized spacial score (nSPS) is 15.2. The van der Waals surface area contributed by atoms with Gasteiger partial charge in [0.05, 0.1) is 26.4 Å². The molecule has 1 atom stereocenters. The Morgan fingerprint density at radius 1 is 1.10 bits per heavy atom. The Kier molecular flexibility index (Phi) is 5.62. The minimum absolute atomic E-state index is 0.290. The zero-order valence-corrected chi connectivity index (χ0v) is 17.9. The lowest BCUT2D eigenvalue weighted by molar-refractivity contribution is -0.139. The van der Waals surface area contributed by atoms with Crippen molar-refractivity contribution < 1.29 is 19.0 Å². The fourth-order valence-corrected chi connectivity index (χ4v) is 3.67. The second kappa shape index (κ2) is 8.51. The largest absolute Gasteiger partial charge is 0.493 e. The Bertz CT molecular complexity index is 1140. The molecule has 2 heterocycles. The quantitative estimate of drug-likeness (QED) is 0.607. The molecule has 160 valence electrons. The van der Waals surface area contributed by atoms with Crippen LogP contribution >= 0.6 is 0 Å². The second-order valence-corrected chi connectivity index (χ2v) is 6.97. The van der Waals surface area contributed by atoms with Crippen LogP contribution in [0.15, 0.2) is 59.8 Å². The van der Waals surface area contributed by atoms with E-state index in [9.17, 15) is 4.79 Å². The van der Waals surface area contributed by atoms with Crippen molar-refractivity contribution in [2.45, 2.75) is 19.9 Å². The van der Waals surface area contributed by atoms with Crippen LogP contribution in [-0.2, 0) is 9.53 Å². The van der Waals surface area contributed by atoms with Gasteiger partial charge >= 0.3 is 5.97 Å². The molecule has 1 unspecified atom stereocenters. The van der Waals surface area contributed by atoms with Crippen LogP contribution in [0, 0.1) is 0 Å². The molecule has 0 saturated carbocycles. The maximum absolute atomic E-state index is 12.8. The van der Waals surface area contributed by atoms with Crippen LogP contribution in [0.5, 0.6) is 11.5 Å². The molecule has 8 heteroatoms. The molecule has 0 spiro atoms. The maximum Gasteiger partial charge on any atom is 0.338 e. The van der Waals surface area contributed by atoms with Gasteiger partial charge in [-0.2, -0.15) is 4.98 Å². The summed E-state index contributed by atoms with van der Waals surface area (Å²) in [6, 6.07) is 14.8. The number of carbonyl (C=O) groups is 1. The maximum atomic E-state index is 12.8. The summed E-state index contributed by atoms with van der Waals surface area (Å²) in [5, 5.41) is 7.94. The first-order chi connectivity index (χ1) is 15.1. The van der Waals surface area contributed by atoms with Gasteiger partial charge in [-0.1, -0.05) is 30.3 Å². The van der Waals surface area contributed by atoms with Crippen molar-refractivity contribution in [3.8, 4) is 22.9 Å². The minimum Gasteiger partial charge on any atom is -0.493 e. The zero-order valence-electron chi connectivity index (χ0n) is 17.9. The fourth-order valence-electron chi connectivity index (χ4n) is 3.67. The number of esters is 1. The molecule has 0 bridgehead atoms. The van der Waals surface area contributed by atoms with Crippen LogP contribution < -0.4 is 14.8 Å². The number of fused-ring (bicyclic) bond motifs is 1. The van der Waals surface area contributed by atoms with E-state index in [0.717, 1.165) is 11.1 Å². The van der Waals surface area contributed by atoms with E-state index in [4.69, 9.17) is 19.3 Å². The summed E-state index contributed by atoms with van der Waals surface area (Å²) < 4.78 is 17.8. The SMILES string of the molecule is CCOC(=O)C1=C(C)Nc2nc(-c3ccc(OC)c(OC)c3)nn2C1c1ccccc1. The Morgan fingerprint density at radius 3 is 2.52 bits per heavy atom. The molecule has 0 saturated heterocycles. The Labute approximate surface area is 180 Å². The van der Waals surface area contributed by atoms with E-state index >= 15 is 0 Å². The summed E-state index contributed by atoms with van der Waals surface area (Å²) in [7, 11) is 3.17. The topological polar surface area (TPSA) is 87.5 Å². The Morgan fingerprint density at radius 2 is 1.84 bits per heavy atom. The first-order valence-corrected chi connectivity index (χ1v) is 9.96. The lowest BCUT2D eigenvalue weighted by atomic mass is 9.96. The highest BCUT2D eigenvalue weighted by atomic mass is 16.5. The second-order valence-electron chi connectivity index (χ2n) is 6.97. The van der Waals surface area contributed by atoms with Gasteiger partial charge in [0.1, 0.15) is 6.04 Å². The molecule has 4 rings (SSSR count). The first kappa shape index (κ1) is 20.5. The summed E-state index contributed by atoms with van der Waals surface area (Å²) in [6.45, 7) is 3.92. The Hall–Kier alpha value is -3.81. The predicted molar refractivity (Wildman–Crippen MR) is 116 cm³/mol. The minimum atomic E-state index is -0.460. The summed E-state index contributed by atoms with van der Waals surface area (Å²) in [5.41, 5.74) is 2.87. The van der Waals surface area contributed by atoms with Crippen molar-refractivity contribution in [2.75, 3.05) is 26.1 Å². The number of benzene rings is 2. The molecule has 0 aliphatic carbocycles. The summed E-state index contributed by atoms with van der Waals surface area (Å²) in [4.78, 5) is 17.5. The van der Waals surface area contributed by atoms with Gasteiger partial charge in [0, 0.05) is 11.3 Å². The number of rotatable bonds is 6. The standard InChI is InChI=1S/C23H24N4O4/c1-5-31-22(28)19-14(2)24-23-25-21(16-11-12-17(29-3)18(13-16)30-4)26-27(23)20(19)15-9-7-6-8-10-15/h6-13,20H,5H2,1-4H3,(H,24,25,26). The summed E-state index contributed by atoms with van der Waals surface area (Å²) >= 11 is 0. The van der Waals surface area contributed by atoms with E-state index < -0.39 is 6.04 Å². The zero-order chi connectivity index (χ0) is 22.0. The van der Waals surface area contributed by atoms with Gasteiger partial charge < -0.3 is 19.5 Å². The van der Waals surface area contributed by atoms with Gasteiger partial charge in [0.15, 0.2) is 17.3 Å². The van der Waals surface area contributed by atoms with Crippen molar-refractivity contribution >= 4 is 11.9 Å².